The van der Waals surface area contributed by atoms with E-state index in [1.165, 1.54) is 5.56 Å². The number of halogens is 2. The number of hydrogen-bond donors (Lipinski definition) is 2. The predicted octanol–water partition coefficient (Wildman–Crippen LogP) is 3.65. The highest BCUT2D eigenvalue weighted by atomic mass is 35.5. The lowest BCUT2D eigenvalue weighted by Crippen LogP contribution is -2.37. The van der Waals surface area contributed by atoms with Gasteiger partial charge in [0.05, 0.1) is 18.1 Å². The van der Waals surface area contributed by atoms with Crippen LogP contribution in [0.3, 0.4) is 0 Å². The van der Waals surface area contributed by atoms with Crippen LogP contribution < -0.4 is 10.6 Å². The molecule has 2 aromatic heterocycles. The fourth-order valence-corrected chi connectivity index (χ4v) is 2.90. The zero-order valence-corrected chi connectivity index (χ0v) is 14.3. The second-order valence-electron chi connectivity index (χ2n) is 4.51. The van der Waals surface area contributed by atoms with Gasteiger partial charge in [0.25, 0.3) is 0 Å². The van der Waals surface area contributed by atoms with Gasteiger partial charge in [0.15, 0.2) is 5.96 Å². The second-order valence-corrected chi connectivity index (χ2v) is 6.06. The Morgan fingerprint density at radius 2 is 2.19 bits per heavy atom. The van der Waals surface area contributed by atoms with Crippen molar-refractivity contribution in [1.29, 1.82) is 0 Å². The highest BCUT2D eigenvalue weighted by molar-refractivity contribution is 7.07. The number of aliphatic imine (C=N–C) groups is 1. The maximum atomic E-state index is 6.06. The Labute approximate surface area is 138 Å². The highest BCUT2D eigenvalue weighted by Gasteiger charge is 2.09. The first-order valence-electron chi connectivity index (χ1n) is 6.64. The molecule has 0 saturated carbocycles. The van der Waals surface area contributed by atoms with E-state index in [0.717, 1.165) is 18.2 Å². The summed E-state index contributed by atoms with van der Waals surface area (Å²) in [7, 11) is 1.89. The summed E-state index contributed by atoms with van der Waals surface area (Å²) in [5, 5.41) is 11.8. The number of aromatic nitrogens is 1. The van der Waals surface area contributed by atoms with Crippen LogP contribution in [0.5, 0.6) is 0 Å². The summed E-state index contributed by atoms with van der Waals surface area (Å²) in [6.45, 7) is 4.12. The van der Waals surface area contributed by atoms with E-state index in [1.54, 1.807) is 11.3 Å². The molecule has 2 N–H and O–H groups in total. The zero-order chi connectivity index (χ0) is 15.2. The third-order valence-electron chi connectivity index (χ3n) is 3.00. The maximum absolute atomic E-state index is 6.06. The summed E-state index contributed by atoms with van der Waals surface area (Å²) >= 11 is 13.8. The fourth-order valence-electron chi connectivity index (χ4n) is 1.83. The molecule has 4 nitrogen and oxygen atoms in total. The van der Waals surface area contributed by atoms with Crippen LogP contribution in [0.15, 0.2) is 27.9 Å². The van der Waals surface area contributed by atoms with Crippen molar-refractivity contribution in [2.75, 3.05) is 6.54 Å². The quantitative estimate of drug-likeness (QED) is 0.642. The molecular formula is C14H18Cl2N4S. The minimum atomic E-state index is 0.550. The molecule has 2 rings (SSSR count). The van der Waals surface area contributed by atoms with Crippen LogP contribution in [0.25, 0.3) is 0 Å². The molecule has 21 heavy (non-hydrogen) atoms. The molecule has 0 bridgehead atoms. The molecule has 0 unspecified atom stereocenters. The number of thiophene rings is 1. The smallest absolute Gasteiger partial charge is 0.191 e. The fraction of sp³-hybridized carbons (Fsp3) is 0.357. The van der Waals surface area contributed by atoms with Crippen LogP contribution in [0, 0.1) is 0 Å². The van der Waals surface area contributed by atoms with E-state index >= 15 is 0 Å². The molecule has 0 amide bonds. The molecule has 0 atom stereocenters. The summed E-state index contributed by atoms with van der Waals surface area (Å²) in [6, 6.07) is 3.94. The normalized spacial score (nSPS) is 11.7. The molecule has 0 spiro atoms. The number of rotatable bonds is 5. The van der Waals surface area contributed by atoms with Crippen LogP contribution in [0.1, 0.15) is 18.2 Å². The molecule has 0 saturated heterocycles. The van der Waals surface area contributed by atoms with E-state index in [-0.39, 0.29) is 0 Å². The standard InChI is InChI=1S/C14H18Cl2N4S/c1-3-17-14(18-7-10-4-5-21-9-10)19-8-11-6-12(15)13(16)20(11)2/h4-6,9H,3,7-8H2,1-2H3,(H2,17,18,19). The van der Waals surface area contributed by atoms with E-state index in [1.807, 2.05) is 24.6 Å². The number of hydrogen-bond acceptors (Lipinski definition) is 2. The van der Waals surface area contributed by atoms with Gasteiger partial charge in [-0.3, -0.25) is 0 Å². The van der Waals surface area contributed by atoms with E-state index in [4.69, 9.17) is 23.2 Å². The van der Waals surface area contributed by atoms with Crippen molar-refractivity contribution in [2.45, 2.75) is 20.0 Å². The van der Waals surface area contributed by atoms with Crippen LogP contribution in [-0.4, -0.2) is 17.1 Å². The number of guanidine groups is 1. The van der Waals surface area contributed by atoms with Gasteiger partial charge in [0, 0.05) is 19.3 Å². The number of nitrogens with zero attached hydrogens (tertiary/aromatic N) is 2. The Morgan fingerprint density at radius 1 is 1.38 bits per heavy atom. The van der Waals surface area contributed by atoms with Gasteiger partial charge in [-0.1, -0.05) is 23.2 Å². The van der Waals surface area contributed by atoms with Crippen molar-refractivity contribution in [2.24, 2.45) is 12.0 Å². The van der Waals surface area contributed by atoms with Crippen LogP contribution in [0.2, 0.25) is 10.2 Å². The second kappa shape index (κ2) is 7.73. The minimum Gasteiger partial charge on any atom is -0.357 e. The Morgan fingerprint density at radius 3 is 2.76 bits per heavy atom. The topological polar surface area (TPSA) is 41.4 Å². The van der Waals surface area contributed by atoms with Gasteiger partial charge in [-0.05, 0) is 35.4 Å². The Bertz CT molecular complexity index is 605. The molecule has 7 heteroatoms. The van der Waals surface area contributed by atoms with Crippen LogP contribution in [-0.2, 0) is 20.1 Å². The van der Waals surface area contributed by atoms with Crippen molar-refractivity contribution in [3.05, 3.63) is 44.3 Å². The molecule has 0 aromatic carbocycles. The van der Waals surface area contributed by atoms with Crippen molar-refractivity contribution in [3.8, 4) is 0 Å². The first-order chi connectivity index (χ1) is 10.1. The average Bonchev–Trinajstić information content (AvgIpc) is 3.07. The molecule has 2 heterocycles. The van der Waals surface area contributed by atoms with Gasteiger partial charge in [0.1, 0.15) is 5.15 Å². The largest absolute Gasteiger partial charge is 0.357 e. The average molecular weight is 345 g/mol. The van der Waals surface area contributed by atoms with Gasteiger partial charge in [-0.2, -0.15) is 11.3 Å². The van der Waals surface area contributed by atoms with Gasteiger partial charge < -0.3 is 15.2 Å². The van der Waals surface area contributed by atoms with Crippen molar-refractivity contribution >= 4 is 40.5 Å². The Hall–Kier alpha value is -1.17. The van der Waals surface area contributed by atoms with Crippen LogP contribution in [0.4, 0.5) is 0 Å². The lowest BCUT2D eigenvalue weighted by Gasteiger charge is -2.11. The lowest BCUT2D eigenvalue weighted by atomic mass is 10.3. The highest BCUT2D eigenvalue weighted by Crippen LogP contribution is 2.24. The van der Waals surface area contributed by atoms with Crippen LogP contribution >= 0.6 is 34.5 Å². The summed E-state index contributed by atoms with van der Waals surface area (Å²) in [5.41, 5.74) is 2.22. The van der Waals surface area contributed by atoms with Gasteiger partial charge in [0.2, 0.25) is 0 Å². The zero-order valence-electron chi connectivity index (χ0n) is 12.0. The van der Waals surface area contributed by atoms with Gasteiger partial charge >= 0.3 is 0 Å². The molecule has 2 aromatic rings. The molecule has 0 radical (unpaired) electrons. The van der Waals surface area contributed by atoms with E-state index in [0.29, 0.717) is 23.3 Å². The summed E-state index contributed by atoms with van der Waals surface area (Å²) in [6.07, 6.45) is 0. The minimum absolute atomic E-state index is 0.550. The number of nitrogens with one attached hydrogen (secondary N) is 2. The van der Waals surface area contributed by atoms with E-state index in [2.05, 4.69) is 32.5 Å². The third-order valence-corrected chi connectivity index (χ3v) is 4.57. The van der Waals surface area contributed by atoms with Crippen molar-refractivity contribution in [3.63, 3.8) is 0 Å². The molecule has 0 fully saturated rings. The molecule has 114 valence electrons. The van der Waals surface area contributed by atoms with E-state index < -0.39 is 0 Å². The predicted molar refractivity (Wildman–Crippen MR) is 91.4 cm³/mol. The first kappa shape index (κ1) is 16.2. The summed E-state index contributed by atoms with van der Waals surface area (Å²) in [5.74, 6) is 0.775. The SMILES string of the molecule is CCNC(=NCc1ccsc1)NCc1cc(Cl)c(Cl)n1C. The van der Waals surface area contributed by atoms with Crippen molar-refractivity contribution < 1.29 is 0 Å². The van der Waals surface area contributed by atoms with Gasteiger partial charge in [-0.15, -0.1) is 0 Å². The summed E-state index contributed by atoms with van der Waals surface area (Å²) < 4.78 is 1.86. The first-order valence-corrected chi connectivity index (χ1v) is 8.34. The molecular weight excluding hydrogens is 327 g/mol. The molecule has 0 aliphatic carbocycles. The summed E-state index contributed by atoms with van der Waals surface area (Å²) in [4.78, 5) is 4.56. The maximum Gasteiger partial charge on any atom is 0.191 e. The Kier molecular flexibility index (Phi) is 5.96. The third kappa shape index (κ3) is 4.40. The Balaban J connectivity index is 1.99. The van der Waals surface area contributed by atoms with E-state index in [9.17, 15) is 0 Å². The van der Waals surface area contributed by atoms with Gasteiger partial charge in [-0.25, -0.2) is 4.99 Å². The molecule has 0 aliphatic heterocycles. The monoisotopic (exact) mass is 344 g/mol. The van der Waals surface area contributed by atoms with Crippen molar-refractivity contribution in [1.82, 2.24) is 15.2 Å². The lowest BCUT2D eigenvalue weighted by molar-refractivity contribution is 0.752. The molecule has 0 aliphatic rings.